The molecule has 1 aromatic carbocycles. The van der Waals surface area contributed by atoms with Crippen LogP contribution in [-0.2, 0) is 0 Å². The number of aromatic amines is 1. The van der Waals surface area contributed by atoms with Gasteiger partial charge in [-0.25, -0.2) is 0 Å². The Balaban J connectivity index is 2.18. The molecule has 0 radical (unpaired) electrons. The number of nitrogens with two attached hydrogens (primary N) is 1. The number of ether oxygens (including phenoxy) is 1. The summed E-state index contributed by atoms with van der Waals surface area (Å²) in [4.78, 5) is 3.57. The maximum atomic E-state index is 6.02. The van der Waals surface area contributed by atoms with Crippen LogP contribution in [0.25, 0.3) is 10.9 Å². The van der Waals surface area contributed by atoms with Gasteiger partial charge in [0.25, 0.3) is 0 Å². The monoisotopic (exact) mass is 244 g/mol. The second kappa shape index (κ2) is 4.23. The van der Waals surface area contributed by atoms with E-state index in [1.165, 1.54) is 42.5 Å². The number of benzene rings is 1. The number of hydrogen-bond donors (Lipinski definition) is 2. The summed E-state index contributed by atoms with van der Waals surface area (Å²) in [5.74, 6) is 1.49. The van der Waals surface area contributed by atoms with Gasteiger partial charge in [-0.3, -0.25) is 0 Å². The fourth-order valence-electron chi connectivity index (χ4n) is 3.18. The highest BCUT2D eigenvalue weighted by Crippen LogP contribution is 2.39. The molecular formula is C15H20N2O. The molecule has 18 heavy (non-hydrogen) atoms. The van der Waals surface area contributed by atoms with Crippen molar-refractivity contribution in [3.63, 3.8) is 0 Å². The van der Waals surface area contributed by atoms with E-state index in [4.69, 9.17) is 10.5 Å². The van der Waals surface area contributed by atoms with E-state index in [2.05, 4.69) is 18.0 Å². The summed E-state index contributed by atoms with van der Waals surface area (Å²) in [5, 5.41) is 1.12. The van der Waals surface area contributed by atoms with Crippen LogP contribution in [-0.4, -0.2) is 12.1 Å². The Morgan fingerprint density at radius 2 is 2.00 bits per heavy atom. The third kappa shape index (κ3) is 1.65. The van der Waals surface area contributed by atoms with E-state index >= 15 is 0 Å². The summed E-state index contributed by atoms with van der Waals surface area (Å²) < 4.78 is 5.44. The van der Waals surface area contributed by atoms with Crippen LogP contribution >= 0.6 is 0 Å². The molecule has 0 aliphatic heterocycles. The number of nitrogen functional groups attached to an aromatic ring is 1. The molecule has 0 bridgehead atoms. The van der Waals surface area contributed by atoms with Crippen LogP contribution in [0.1, 0.15) is 42.9 Å². The zero-order valence-electron chi connectivity index (χ0n) is 11.0. The van der Waals surface area contributed by atoms with Gasteiger partial charge in [-0.1, -0.05) is 12.8 Å². The van der Waals surface area contributed by atoms with Crippen LogP contribution in [0, 0.1) is 6.92 Å². The van der Waals surface area contributed by atoms with Gasteiger partial charge in [0.15, 0.2) is 5.75 Å². The molecule has 1 aromatic heterocycles. The first-order valence-corrected chi connectivity index (χ1v) is 6.66. The molecule has 0 unspecified atom stereocenters. The Hall–Kier alpha value is -1.64. The minimum atomic E-state index is 0.683. The second-order valence-corrected chi connectivity index (χ2v) is 5.31. The van der Waals surface area contributed by atoms with E-state index in [9.17, 15) is 0 Å². The highest BCUT2D eigenvalue weighted by Gasteiger charge is 2.20. The normalized spacial score (nSPS) is 16.6. The summed E-state index contributed by atoms with van der Waals surface area (Å²) >= 11 is 0. The average molecular weight is 244 g/mol. The van der Waals surface area contributed by atoms with Crippen molar-refractivity contribution < 1.29 is 4.74 Å². The number of aryl methyl sites for hydroxylation is 1. The summed E-state index contributed by atoms with van der Waals surface area (Å²) in [6, 6.07) is 4.21. The molecule has 3 N–H and O–H groups in total. The number of methoxy groups -OCH3 is 1. The van der Waals surface area contributed by atoms with Gasteiger partial charge >= 0.3 is 0 Å². The number of rotatable bonds is 2. The van der Waals surface area contributed by atoms with Crippen molar-refractivity contribution in [3.05, 3.63) is 23.4 Å². The number of hydrogen-bond acceptors (Lipinski definition) is 2. The quantitative estimate of drug-likeness (QED) is 0.791. The largest absolute Gasteiger partial charge is 0.494 e. The number of fused-ring (bicyclic) bond motifs is 1. The molecule has 0 spiro atoms. The molecule has 1 saturated carbocycles. The van der Waals surface area contributed by atoms with Gasteiger partial charge < -0.3 is 15.5 Å². The highest BCUT2D eigenvalue weighted by atomic mass is 16.5. The first kappa shape index (κ1) is 11.5. The first-order chi connectivity index (χ1) is 8.70. The van der Waals surface area contributed by atoms with Crippen LogP contribution in [0.15, 0.2) is 12.1 Å². The van der Waals surface area contributed by atoms with Gasteiger partial charge in [0, 0.05) is 11.1 Å². The molecule has 0 atom stereocenters. The molecule has 0 amide bonds. The summed E-state index contributed by atoms with van der Waals surface area (Å²) in [6.45, 7) is 2.09. The lowest BCUT2D eigenvalue weighted by Crippen LogP contribution is -1.94. The maximum absolute atomic E-state index is 6.02. The van der Waals surface area contributed by atoms with Crippen molar-refractivity contribution in [1.82, 2.24) is 4.98 Å². The van der Waals surface area contributed by atoms with Gasteiger partial charge in [-0.05, 0) is 43.4 Å². The number of aromatic nitrogens is 1. The third-order valence-corrected chi connectivity index (χ3v) is 4.11. The lowest BCUT2D eigenvalue weighted by molar-refractivity contribution is 0.422. The van der Waals surface area contributed by atoms with Gasteiger partial charge in [-0.2, -0.15) is 0 Å². The van der Waals surface area contributed by atoms with Gasteiger partial charge in [0.05, 0.1) is 18.3 Å². The Kier molecular flexibility index (Phi) is 2.69. The summed E-state index contributed by atoms with van der Waals surface area (Å²) in [5.41, 5.74) is 10.4. The minimum absolute atomic E-state index is 0.683. The fourth-order valence-corrected chi connectivity index (χ4v) is 3.18. The third-order valence-electron chi connectivity index (χ3n) is 4.11. The minimum Gasteiger partial charge on any atom is -0.494 e. The molecule has 1 aliphatic carbocycles. The molecule has 3 heteroatoms. The van der Waals surface area contributed by atoms with E-state index in [-0.39, 0.29) is 0 Å². The Morgan fingerprint density at radius 1 is 1.28 bits per heavy atom. The average Bonchev–Trinajstić information content (AvgIpc) is 2.97. The molecule has 96 valence electrons. The van der Waals surface area contributed by atoms with Crippen LogP contribution in [0.2, 0.25) is 0 Å². The van der Waals surface area contributed by atoms with Crippen molar-refractivity contribution in [2.24, 2.45) is 0 Å². The predicted molar refractivity (Wildman–Crippen MR) is 75.2 cm³/mol. The lowest BCUT2D eigenvalue weighted by Gasteiger charge is -2.07. The van der Waals surface area contributed by atoms with Crippen molar-refractivity contribution in [1.29, 1.82) is 0 Å². The smallest absolute Gasteiger partial charge is 0.151 e. The fraction of sp³-hybridized carbons (Fsp3) is 0.467. The molecule has 2 aromatic rings. The summed E-state index contributed by atoms with van der Waals surface area (Å²) in [7, 11) is 1.68. The molecule has 3 nitrogen and oxygen atoms in total. The molecule has 3 rings (SSSR count). The first-order valence-electron chi connectivity index (χ1n) is 6.66. The lowest BCUT2D eigenvalue weighted by atomic mass is 10.0. The number of nitrogens with one attached hydrogen (secondary N) is 1. The van der Waals surface area contributed by atoms with Crippen molar-refractivity contribution >= 4 is 16.6 Å². The van der Waals surface area contributed by atoms with Gasteiger partial charge in [0.1, 0.15) is 0 Å². The molecular weight excluding hydrogens is 224 g/mol. The van der Waals surface area contributed by atoms with E-state index in [1.54, 1.807) is 7.11 Å². The number of anilines is 1. The van der Waals surface area contributed by atoms with Crippen molar-refractivity contribution in [3.8, 4) is 5.75 Å². The topological polar surface area (TPSA) is 51.0 Å². The zero-order valence-corrected chi connectivity index (χ0v) is 11.0. The summed E-state index contributed by atoms with van der Waals surface area (Å²) in [6.07, 6.45) is 5.28. The van der Waals surface area contributed by atoms with Crippen molar-refractivity contribution in [2.75, 3.05) is 12.8 Å². The maximum Gasteiger partial charge on any atom is 0.151 e. The van der Waals surface area contributed by atoms with E-state index in [0.29, 0.717) is 5.92 Å². The molecule has 1 heterocycles. The zero-order chi connectivity index (χ0) is 12.7. The molecule has 1 fully saturated rings. The number of H-pyrrole nitrogens is 1. The van der Waals surface area contributed by atoms with E-state index < -0.39 is 0 Å². The Morgan fingerprint density at radius 3 is 2.67 bits per heavy atom. The van der Waals surface area contributed by atoms with Gasteiger partial charge in [0.2, 0.25) is 0 Å². The van der Waals surface area contributed by atoms with Gasteiger partial charge in [-0.15, -0.1) is 0 Å². The SMILES string of the molecule is COc1c(N)cc(C)c2[nH]c(C3CCCC3)cc12. The van der Waals surface area contributed by atoms with Crippen LogP contribution in [0.5, 0.6) is 5.75 Å². The Bertz CT molecular complexity index is 580. The standard InChI is InChI=1S/C15H20N2O/c1-9-7-12(16)15(18-2)11-8-13(17-14(9)11)10-5-3-4-6-10/h7-8,10,17H,3-6,16H2,1-2H3. The molecule has 1 aliphatic rings. The van der Waals surface area contributed by atoms with Crippen molar-refractivity contribution in [2.45, 2.75) is 38.5 Å². The van der Waals surface area contributed by atoms with Crippen LogP contribution < -0.4 is 10.5 Å². The predicted octanol–water partition coefficient (Wildman–Crippen LogP) is 3.72. The van der Waals surface area contributed by atoms with E-state index in [0.717, 1.165) is 16.8 Å². The highest BCUT2D eigenvalue weighted by molar-refractivity contribution is 5.94. The molecule has 0 saturated heterocycles. The van der Waals surface area contributed by atoms with Crippen LogP contribution in [0.4, 0.5) is 5.69 Å². The van der Waals surface area contributed by atoms with E-state index in [1.807, 2.05) is 6.07 Å². The Labute approximate surface area is 107 Å². The second-order valence-electron chi connectivity index (χ2n) is 5.31. The van der Waals surface area contributed by atoms with Crippen LogP contribution in [0.3, 0.4) is 0 Å².